The molecule has 2 atom stereocenters. The first-order valence-corrected chi connectivity index (χ1v) is 12.1. The zero-order valence-corrected chi connectivity index (χ0v) is 20.6. The molecule has 0 bridgehead atoms. The van der Waals surface area contributed by atoms with E-state index < -0.39 is 0 Å². The molecule has 0 saturated carbocycles. The van der Waals surface area contributed by atoms with E-state index in [9.17, 15) is 9.59 Å². The van der Waals surface area contributed by atoms with Gasteiger partial charge in [-0.05, 0) is 74.9 Å². The normalized spacial score (nSPS) is 17.8. The molecule has 0 aliphatic carbocycles. The predicted molar refractivity (Wildman–Crippen MR) is 140 cm³/mol. The van der Waals surface area contributed by atoms with Crippen molar-refractivity contribution in [2.75, 3.05) is 18.4 Å². The highest BCUT2D eigenvalue weighted by molar-refractivity contribution is 5.94. The lowest BCUT2D eigenvalue weighted by atomic mass is 10.0. The SMILES string of the molecule is Cc1nc2cc(-c3ccccn3)c(CNc3ccc(C(=O)N4CC(C)OC(C)C4)cc3)cc2c(=O)[nH]1. The largest absolute Gasteiger partial charge is 0.381 e. The molecule has 2 N–H and O–H groups in total. The summed E-state index contributed by atoms with van der Waals surface area (Å²) in [6.07, 6.45) is 1.80. The molecule has 1 fully saturated rings. The van der Waals surface area contributed by atoms with Crippen molar-refractivity contribution in [2.45, 2.75) is 39.5 Å². The molecule has 36 heavy (non-hydrogen) atoms. The molecule has 0 radical (unpaired) electrons. The van der Waals surface area contributed by atoms with Crippen molar-refractivity contribution >= 4 is 22.5 Å². The van der Waals surface area contributed by atoms with Crippen LogP contribution in [0.25, 0.3) is 22.2 Å². The summed E-state index contributed by atoms with van der Waals surface area (Å²) < 4.78 is 5.74. The third-order valence-corrected chi connectivity index (χ3v) is 6.31. The number of carbonyl (C=O) groups excluding carboxylic acids is 1. The van der Waals surface area contributed by atoms with Crippen LogP contribution in [0.5, 0.6) is 0 Å². The lowest BCUT2D eigenvalue weighted by Crippen LogP contribution is -2.48. The van der Waals surface area contributed by atoms with Crippen molar-refractivity contribution in [2.24, 2.45) is 0 Å². The van der Waals surface area contributed by atoms with Gasteiger partial charge in [-0.25, -0.2) is 4.98 Å². The first-order valence-electron chi connectivity index (χ1n) is 12.1. The highest BCUT2D eigenvalue weighted by atomic mass is 16.5. The quantitative estimate of drug-likeness (QED) is 0.442. The molecule has 2 aromatic heterocycles. The number of H-pyrrole nitrogens is 1. The molecule has 8 nitrogen and oxygen atoms in total. The maximum absolute atomic E-state index is 13.0. The highest BCUT2D eigenvalue weighted by Crippen LogP contribution is 2.27. The van der Waals surface area contributed by atoms with Crippen molar-refractivity contribution in [3.8, 4) is 11.3 Å². The summed E-state index contributed by atoms with van der Waals surface area (Å²) in [4.78, 5) is 39.2. The molecule has 1 aliphatic heterocycles. The van der Waals surface area contributed by atoms with Crippen molar-refractivity contribution in [3.05, 3.63) is 88.1 Å². The fourth-order valence-electron chi connectivity index (χ4n) is 4.71. The number of nitrogens with zero attached hydrogens (tertiary/aromatic N) is 3. The summed E-state index contributed by atoms with van der Waals surface area (Å²) in [5.74, 6) is 0.582. The number of ether oxygens (including phenoxy) is 1. The van der Waals surface area contributed by atoms with E-state index in [1.165, 1.54) is 0 Å². The molecule has 5 rings (SSSR count). The molecule has 184 valence electrons. The van der Waals surface area contributed by atoms with Gasteiger partial charge in [0.1, 0.15) is 5.82 Å². The summed E-state index contributed by atoms with van der Waals surface area (Å²) in [5.41, 5.74) is 4.64. The Hall–Kier alpha value is -4.04. The first kappa shape index (κ1) is 23.7. The molecule has 1 amide bonds. The van der Waals surface area contributed by atoms with E-state index in [2.05, 4.69) is 20.3 Å². The van der Waals surface area contributed by atoms with E-state index >= 15 is 0 Å². The number of aryl methyl sites for hydroxylation is 1. The lowest BCUT2D eigenvalue weighted by molar-refractivity contribution is -0.0586. The Bertz CT molecular complexity index is 1440. The van der Waals surface area contributed by atoms with Crippen molar-refractivity contribution in [1.82, 2.24) is 19.9 Å². The molecule has 1 aliphatic rings. The Kier molecular flexibility index (Phi) is 6.52. The van der Waals surface area contributed by atoms with Crippen molar-refractivity contribution in [1.29, 1.82) is 0 Å². The van der Waals surface area contributed by atoms with Crippen LogP contribution in [0.2, 0.25) is 0 Å². The van der Waals surface area contributed by atoms with Crippen LogP contribution in [0, 0.1) is 6.92 Å². The zero-order chi connectivity index (χ0) is 25.2. The Labute approximate surface area is 209 Å². The van der Waals surface area contributed by atoms with E-state index in [0.717, 1.165) is 22.5 Å². The topological polar surface area (TPSA) is 100 Å². The number of aromatic nitrogens is 3. The molecule has 2 aromatic carbocycles. The van der Waals surface area contributed by atoms with Crippen LogP contribution < -0.4 is 10.9 Å². The maximum atomic E-state index is 13.0. The highest BCUT2D eigenvalue weighted by Gasteiger charge is 2.26. The molecule has 1 saturated heterocycles. The van der Waals surface area contributed by atoms with Crippen LogP contribution in [-0.4, -0.2) is 51.1 Å². The van der Waals surface area contributed by atoms with E-state index in [4.69, 9.17) is 4.74 Å². The van der Waals surface area contributed by atoms with Crippen LogP contribution in [-0.2, 0) is 11.3 Å². The fourth-order valence-corrected chi connectivity index (χ4v) is 4.71. The summed E-state index contributed by atoms with van der Waals surface area (Å²) in [6.45, 7) is 7.40. The smallest absolute Gasteiger partial charge is 0.258 e. The van der Waals surface area contributed by atoms with Crippen LogP contribution in [0.3, 0.4) is 0 Å². The number of amides is 1. The van der Waals surface area contributed by atoms with Gasteiger partial charge in [0.05, 0.1) is 28.8 Å². The number of fused-ring (bicyclic) bond motifs is 1. The predicted octanol–water partition coefficient (Wildman–Crippen LogP) is 4.16. The Morgan fingerprint density at radius 1 is 1.11 bits per heavy atom. The standard InChI is InChI=1S/C28H29N5O3/c1-17-15-33(16-18(2)36-17)28(35)20-7-9-22(10-8-20)30-14-21-12-24-26(31-19(3)32-27(24)34)13-23(21)25-6-4-5-11-29-25/h4-13,17-18,30H,14-16H2,1-3H3,(H,31,32,34). The van der Waals surface area contributed by atoms with Gasteiger partial charge in [0, 0.05) is 42.6 Å². The average molecular weight is 484 g/mol. The number of benzene rings is 2. The maximum Gasteiger partial charge on any atom is 0.258 e. The second-order valence-electron chi connectivity index (χ2n) is 9.29. The summed E-state index contributed by atoms with van der Waals surface area (Å²) in [5, 5.41) is 3.96. The monoisotopic (exact) mass is 483 g/mol. The van der Waals surface area contributed by atoms with Gasteiger partial charge in [-0.1, -0.05) is 6.07 Å². The minimum Gasteiger partial charge on any atom is -0.381 e. The Morgan fingerprint density at radius 3 is 2.56 bits per heavy atom. The summed E-state index contributed by atoms with van der Waals surface area (Å²) >= 11 is 0. The van der Waals surface area contributed by atoms with Crippen LogP contribution in [0.15, 0.2) is 65.6 Å². The summed E-state index contributed by atoms with van der Waals surface area (Å²) in [7, 11) is 0. The number of anilines is 1. The molecule has 0 spiro atoms. The zero-order valence-electron chi connectivity index (χ0n) is 20.6. The van der Waals surface area contributed by atoms with E-state index in [1.807, 2.05) is 73.3 Å². The van der Waals surface area contributed by atoms with Crippen LogP contribution >= 0.6 is 0 Å². The molecule has 8 heteroatoms. The van der Waals surface area contributed by atoms with Gasteiger partial charge in [0.25, 0.3) is 11.5 Å². The lowest BCUT2D eigenvalue weighted by Gasteiger charge is -2.35. The van der Waals surface area contributed by atoms with Gasteiger partial charge in [0.2, 0.25) is 0 Å². The van der Waals surface area contributed by atoms with E-state index in [1.54, 1.807) is 13.1 Å². The number of hydrogen-bond donors (Lipinski definition) is 2. The van der Waals surface area contributed by atoms with Crippen molar-refractivity contribution < 1.29 is 9.53 Å². The van der Waals surface area contributed by atoms with Gasteiger partial charge in [-0.15, -0.1) is 0 Å². The second-order valence-corrected chi connectivity index (χ2v) is 9.29. The summed E-state index contributed by atoms with van der Waals surface area (Å²) in [6, 6.07) is 17.0. The minimum atomic E-state index is -0.166. The number of hydrogen-bond acceptors (Lipinski definition) is 6. The number of aromatic amines is 1. The van der Waals surface area contributed by atoms with Gasteiger partial charge < -0.3 is 19.9 Å². The average Bonchev–Trinajstić information content (AvgIpc) is 2.87. The Balaban J connectivity index is 1.38. The van der Waals surface area contributed by atoms with Crippen LogP contribution in [0.1, 0.15) is 35.6 Å². The number of carbonyl (C=O) groups is 1. The number of rotatable bonds is 5. The third-order valence-electron chi connectivity index (χ3n) is 6.31. The molecule has 2 unspecified atom stereocenters. The van der Waals surface area contributed by atoms with Gasteiger partial charge in [-0.2, -0.15) is 0 Å². The van der Waals surface area contributed by atoms with E-state index in [0.29, 0.717) is 41.9 Å². The Morgan fingerprint density at radius 2 is 1.86 bits per heavy atom. The molecule has 3 heterocycles. The first-order chi connectivity index (χ1) is 17.4. The molecule has 4 aromatic rings. The fraction of sp³-hybridized carbons (Fsp3) is 0.286. The second kappa shape index (κ2) is 9.91. The van der Waals surface area contributed by atoms with Crippen LogP contribution in [0.4, 0.5) is 5.69 Å². The number of morpholine rings is 1. The van der Waals surface area contributed by atoms with Crippen molar-refractivity contribution in [3.63, 3.8) is 0 Å². The third kappa shape index (κ3) is 4.99. The van der Waals surface area contributed by atoms with E-state index in [-0.39, 0.29) is 23.7 Å². The minimum absolute atomic E-state index is 0.0116. The van der Waals surface area contributed by atoms with Gasteiger partial charge >= 0.3 is 0 Å². The number of pyridine rings is 1. The van der Waals surface area contributed by atoms with Gasteiger partial charge in [0.15, 0.2) is 0 Å². The molecular weight excluding hydrogens is 454 g/mol. The number of nitrogens with one attached hydrogen (secondary N) is 2. The van der Waals surface area contributed by atoms with Gasteiger partial charge in [-0.3, -0.25) is 14.6 Å². The molecular formula is C28H29N5O3.